The zero-order chi connectivity index (χ0) is 22.5. The summed E-state index contributed by atoms with van der Waals surface area (Å²) in [5.74, 6) is 0.439. The van der Waals surface area contributed by atoms with Crippen molar-refractivity contribution in [3.63, 3.8) is 0 Å². The monoisotopic (exact) mass is 455 g/mol. The quantitative estimate of drug-likeness (QED) is 0.420. The predicted octanol–water partition coefficient (Wildman–Crippen LogP) is 2.04. The van der Waals surface area contributed by atoms with Crippen molar-refractivity contribution in [2.45, 2.75) is 16.6 Å². The molecular weight excluding hydrogens is 434 g/mol. The Hall–Kier alpha value is -3.51. The summed E-state index contributed by atoms with van der Waals surface area (Å²) >= 11 is 1.12. The molecule has 1 aromatic carbocycles. The third-order valence-electron chi connectivity index (χ3n) is 4.89. The number of benzene rings is 1. The van der Waals surface area contributed by atoms with Crippen LogP contribution < -0.4 is 10.2 Å². The lowest BCUT2D eigenvalue weighted by Gasteiger charge is -2.28. The Labute approximate surface area is 188 Å². The highest BCUT2D eigenvalue weighted by atomic mass is 32.2. The third-order valence-corrected chi connectivity index (χ3v) is 6.00. The number of nitrogens with one attached hydrogen (secondary N) is 1. The number of nitro groups is 1. The minimum Gasteiger partial charge on any atom is -0.378 e. The summed E-state index contributed by atoms with van der Waals surface area (Å²) < 4.78 is 7.03. The van der Waals surface area contributed by atoms with Crippen LogP contribution in [0.2, 0.25) is 0 Å². The van der Waals surface area contributed by atoms with Gasteiger partial charge in [0.05, 0.1) is 23.0 Å². The average molecular weight is 456 g/mol. The SMILES string of the molecule is Cn1cnnc1Sc1ccc(C(=O)NCc2ccnc(N3CCOCC3)c2)cc1[N+](=O)[O-]. The zero-order valence-corrected chi connectivity index (χ0v) is 18.1. The summed E-state index contributed by atoms with van der Waals surface area (Å²) in [4.78, 5) is 30.6. The van der Waals surface area contributed by atoms with E-state index in [1.807, 2.05) is 12.1 Å². The van der Waals surface area contributed by atoms with Crippen molar-refractivity contribution in [2.24, 2.45) is 7.05 Å². The van der Waals surface area contributed by atoms with Gasteiger partial charge in [0.25, 0.3) is 11.6 Å². The van der Waals surface area contributed by atoms with Crippen LogP contribution in [0.15, 0.2) is 52.9 Å². The molecule has 32 heavy (non-hydrogen) atoms. The zero-order valence-electron chi connectivity index (χ0n) is 17.3. The van der Waals surface area contributed by atoms with Crippen molar-refractivity contribution in [3.8, 4) is 0 Å². The molecule has 0 saturated carbocycles. The summed E-state index contributed by atoms with van der Waals surface area (Å²) in [6.45, 7) is 3.14. The Kier molecular flexibility index (Phi) is 6.61. The number of ether oxygens (including phenoxy) is 1. The first-order valence-electron chi connectivity index (χ1n) is 9.87. The largest absolute Gasteiger partial charge is 0.378 e. The Morgan fingerprint density at radius 3 is 2.81 bits per heavy atom. The Balaban J connectivity index is 1.45. The van der Waals surface area contributed by atoms with Crippen molar-refractivity contribution in [3.05, 3.63) is 64.1 Å². The fourth-order valence-corrected chi connectivity index (χ4v) is 4.02. The van der Waals surface area contributed by atoms with Gasteiger partial charge in [-0.25, -0.2) is 4.98 Å². The molecule has 1 amide bonds. The highest BCUT2D eigenvalue weighted by Crippen LogP contribution is 2.34. The first-order chi connectivity index (χ1) is 15.5. The number of aromatic nitrogens is 4. The molecule has 0 spiro atoms. The smallest absolute Gasteiger partial charge is 0.284 e. The van der Waals surface area contributed by atoms with Gasteiger partial charge < -0.3 is 19.5 Å². The second-order valence-corrected chi connectivity index (χ2v) is 8.08. The number of anilines is 1. The third kappa shape index (κ3) is 5.03. The van der Waals surface area contributed by atoms with Gasteiger partial charge in [-0.15, -0.1) is 10.2 Å². The topological polar surface area (TPSA) is 128 Å². The number of carbonyl (C=O) groups is 1. The molecule has 1 aliphatic heterocycles. The molecule has 0 aliphatic carbocycles. The van der Waals surface area contributed by atoms with Crippen LogP contribution in [0.25, 0.3) is 0 Å². The van der Waals surface area contributed by atoms with E-state index >= 15 is 0 Å². The Bertz CT molecular complexity index is 1130. The standard InChI is InChI=1S/C20H21N7O4S/c1-25-13-23-24-20(25)32-17-3-2-15(11-16(17)27(29)30)19(28)22-12-14-4-5-21-18(10-14)26-6-8-31-9-7-26/h2-5,10-11,13H,6-9,12H2,1H3,(H,22,28). The number of nitrogens with zero attached hydrogens (tertiary/aromatic N) is 6. The maximum Gasteiger partial charge on any atom is 0.284 e. The Morgan fingerprint density at radius 2 is 2.09 bits per heavy atom. The maximum atomic E-state index is 12.7. The van der Waals surface area contributed by atoms with Crippen LogP contribution in [-0.2, 0) is 18.3 Å². The van der Waals surface area contributed by atoms with Crippen LogP contribution in [-0.4, -0.2) is 56.9 Å². The molecule has 3 heterocycles. The number of aryl methyl sites for hydroxylation is 1. The lowest BCUT2D eigenvalue weighted by molar-refractivity contribution is -0.387. The number of rotatable bonds is 7. The van der Waals surface area contributed by atoms with E-state index in [0.29, 0.717) is 23.3 Å². The summed E-state index contributed by atoms with van der Waals surface area (Å²) in [7, 11) is 1.75. The van der Waals surface area contributed by atoms with E-state index in [1.54, 1.807) is 29.9 Å². The van der Waals surface area contributed by atoms with Gasteiger partial charge in [0, 0.05) is 44.5 Å². The van der Waals surface area contributed by atoms with Crippen molar-refractivity contribution < 1.29 is 14.5 Å². The van der Waals surface area contributed by atoms with E-state index in [1.165, 1.54) is 12.4 Å². The molecule has 11 nitrogen and oxygen atoms in total. The molecule has 12 heteroatoms. The Morgan fingerprint density at radius 1 is 1.28 bits per heavy atom. The highest BCUT2D eigenvalue weighted by molar-refractivity contribution is 7.99. The lowest BCUT2D eigenvalue weighted by atomic mass is 10.1. The number of carbonyl (C=O) groups excluding carboxylic acids is 1. The number of pyridine rings is 1. The van der Waals surface area contributed by atoms with Crippen molar-refractivity contribution in [1.29, 1.82) is 0 Å². The molecule has 0 radical (unpaired) electrons. The van der Waals surface area contributed by atoms with Gasteiger partial charge in [-0.3, -0.25) is 14.9 Å². The highest BCUT2D eigenvalue weighted by Gasteiger charge is 2.20. The number of amides is 1. The molecule has 2 aromatic heterocycles. The number of nitro benzene ring substituents is 1. The van der Waals surface area contributed by atoms with Crippen LogP contribution >= 0.6 is 11.8 Å². The van der Waals surface area contributed by atoms with Crippen LogP contribution in [0.4, 0.5) is 11.5 Å². The van der Waals surface area contributed by atoms with E-state index in [-0.39, 0.29) is 17.8 Å². The van der Waals surface area contributed by atoms with Crippen LogP contribution in [0.3, 0.4) is 0 Å². The first-order valence-corrected chi connectivity index (χ1v) is 10.7. The van der Waals surface area contributed by atoms with Crippen molar-refractivity contribution >= 4 is 29.2 Å². The van der Waals surface area contributed by atoms with Gasteiger partial charge in [0.1, 0.15) is 12.1 Å². The summed E-state index contributed by atoms with van der Waals surface area (Å²) in [5.41, 5.74) is 0.935. The van der Waals surface area contributed by atoms with Crippen molar-refractivity contribution in [2.75, 3.05) is 31.2 Å². The normalized spacial score (nSPS) is 13.7. The van der Waals surface area contributed by atoms with E-state index in [4.69, 9.17) is 4.74 Å². The van der Waals surface area contributed by atoms with Crippen LogP contribution in [0, 0.1) is 10.1 Å². The molecule has 0 unspecified atom stereocenters. The molecule has 1 fully saturated rings. The summed E-state index contributed by atoms with van der Waals surface area (Å²) in [5, 5.41) is 22.6. The number of hydrogen-bond acceptors (Lipinski definition) is 9. The molecule has 0 atom stereocenters. The number of hydrogen-bond donors (Lipinski definition) is 1. The molecule has 1 N–H and O–H groups in total. The molecule has 166 valence electrons. The van der Waals surface area contributed by atoms with Gasteiger partial charge in [-0.05, 0) is 41.6 Å². The van der Waals surface area contributed by atoms with Gasteiger partial charge in [0.2, 0.25) is 0 Å². The van der Waals surface area contributed by atoms with E-state index < -0.39 is 10.8 Å². The molecule has 4 rings (SSSR count). The van der Waals surface area contributed by atoms with Gasteiger partial charge in [-0.2, -0.15) is 0 Å². The van der Waals surface area contributed by atoms with E-state index in [0.717, 1.165) is 36.2 Å². The maximum absolute atomic E-state index is 12.7. The second kappa shape index (κ2) is 9.75. The van der Waals surface area contributed by atoms with Gasteiger partial charge >= 0.3 is 0 Å². The van der Waals surface area contributed by atoms with E-state index in [2.05, 4.69) is 25.4 Å². The minimum absolute atomic E-state index is 0.163. The predicted molar refractivity (Wildman–Crippen MR) is 117 cm³/mol. The van der Waals surface area contributed by atoms with E-state index in [9.17, 15) is 14.9 Å². The minimum atomic E-state index is -0.507. The van der Waals surface area contributed by atoms with Gasteiger partial charge in [0.15, 0.2) is 5.16 Å². The molecule has 0 bridgehead atoms. The molecule has 1 saturated heterocycles. The van der Waals surface area contributed by atoms with Crippen LogP contribution in [0.1, 0.15) is 15.9 Å². The summed E-state index contributed by atoms with van der Waals surface area (Å²) in [6, 6.07) is 8.14. The van der Waals surface area contributed by atoms with Gasteiger partial charge in [-0.1, -0.05) is 0 Å². The molecule has 3 aromatic rings. The lowest BCUT2D eigenvalue weighted by Crippen LogP contribution is -2.36. The number of morpholine rings is 1. The fraction of sp³-hybridized carbons (Fsp3) is 0.300. The first kappa shape index (κ1) is 21.7. The second-order valence-electron chi connectivity index (χ2n) is 7.07. The van der Waals surface area contributed by atoms with Crippen LogP contribution in [0.5, 0.6) is 0 Å². The molecular formula is C20H21N7O4S. The average Bonchev–Trinajstić information content (AvgIpc) is 3.22. The fourth-order valence-electron chi connectivity index (χ4n) is 3.17. The summed E-state index contributed by atoms with van der Waals surface area (Å²) in [6.07, 6.45) is 3.22. The molecule has 1 aliphatic rings. The van der Waals surface area contributed by atoms with Crippen molar-refractivity contribution in [1.82, 2.24) is 25.1 Å².